The summed E-state index contributed by atoms with van der Waals surface area (Å²) in [6, 6.07) is 1.89. The van der Waals surface area contributed by atoms with Gasteiger partial charge in [0.25, 0.3) is 0 Å². The van der Waals surface area contributed by atoms with Crippen molar-refractivity contribution in [2.75, 3.05) is 0 Å². The van der Waals surface area contributed by atoms with Crippen molar-refractivity contribution in [3.63, 3.8) is 0 Å². The minimum atomic E-state index is 0.223. The Kier molecular flexibility index (Phi) is 3.83. The molecule has 0 bridgehead atoms. The van der Waals surface area contributed by atoms with Crippen LogP contribution >= 0.6 is 0 Å². The maximum Gasteiger partial charge on any atom is 0.139 e. The molecule has 2 aromatic rings. The molecular formula is C14H20N4O. The summed E-state index contributed by atoms with van der Waals surface area (Å²) in [6.45, 7) is 4.03. The molecule has 0 spiro atoms. The molecule has 0 N–H and O–H groups in total. The van der Waals surface area contributed by atoms with Crippen molar-refractivity contribution >= 4 is 5.78 Å². The van der Waals surface area contributed by atoms with Crippen molar-refractivity contribution in [3.8, 4) is 0 Å². The van der Waals surface area contributed by atoms with E-state index in [1.807, 2.05) is 44.9 Å². The fourth-order valence-corrected chi connectivity index (χ4v) is 2.29. The van der Waals surface area contributed by atoms with E-state index in [9.17, 15) is 4.79 Å². The highest BCUT2D eigenvalue weighted by Gasteiger charge is 2.12. The summed E-state index contributed by atoms with van der Waals surface area (Å²) in [6.07, 6.45) is 3.58. The number of nitrogens with zero attached hydrogens (tertiary/aromatic N) is 4. The van der Waals surface area contributed by atoms with Gasteiger partial charge >= 0.3 is 0 Å². The van der Waals surface area contributed by atoms with Gasteiger partial charge in [0.05, 0.1) is 17.8 Å². The van der Waals surface area contributed by atoms with Gasteiger partial charge in [-0.15, -0.1) is 0 Å². The van der Waals surface area contributed by atoms with E-state index in [0.29, 0.717) is 12.8 Å². The zero-order valence-electron chi connectivity index (χ0n) is 12.0. The number of carbonyl (C=O) groups is 1. The van der Waals surface area contributed by atoms with Crippen LogP contribution < -0.4 is 0 Å². The summed E-state index contributed by atoms with van der Waals surface area (Å²) >= 11 is 0. The lowest BCUT2D eigenvalue weighted by Gasteiger charge is -2.01. The third-order valence-corrected chi connectivity index (χ3v) is 3.46. The molecule has 0 unspecified atom stereocenters. The largest absolute Gasteiger partial charge is 0.299 e. The van der Waals surface area contributed by atoms with Crippen molar-refractivity contribution in [1.29, 1.82) is 0 Å². The normalized spacial score (nSPS) is 10.9. The molecule has 0 atom stereocenters. The second-order valence-corrected chi connectivity index (χ2v) is 4.97. The summed E-state index contributed by atoms with van der Waals surface area (Å²) in [4.78, 5) is 11.9. The molecule has 0 aliphatic carbocycles. The summed E-state index contributed by atoms with van der Waals surface area (Å²) in [5, 5.41) is 8.59. The summed E-state index contributed by atoms with van der Waals surface area (Å²) < 4.78 is 3.59. The molecule has 102 valence electrons. The average Bonchev–Trinajstić information content (AvgIpc) is 2.83. The van der Waals surface area contributed by atoms with E-state index in [4.69, 9.17) is 0 Å². The monoisotopic (exact) mass is 260 g/mol. The maximum absolute atomic E-state index is 11.9. The van der Waals surface area contributed by atoms with E-state index in [-0.39, 0.29) is 5.78 Å². The van der Waals surface area contributed by atoms with Crippen molar-refractivity contribution in [1.82, 2.24) is 19.6 Å². The second kappa shape index (κ2) is 5.38. The first-order valence-corrected chi connectivity index (χ1v) is 6.46. The summed E-state index contributed by atoms with van der Waals surface area (Å²) in [5.41, 5.74) is 4.19. The molecule has 0 aliphatic heterocycles. The molecular weight excluding hydrogens is 240 g/mol. The number of aryl methyl sites for hydroxylation is 3. The van der Waals surface area contributed by atoms with Crippen LogP contribution in [0.1, 0.15) is 29.1 Å². The molecule has 2 heterocycles. The van der Waals surface area contributed by atoms with Crippen LogP contribution in [-0.4, -0.2) is 25.3 Å². The predicted octanol–water partition coefficient (Wildman–Crippen LogP) is 1.51. The van der Waals surface area contributed by atoms with E-state index >= 15 is 0 Å². The highest BCUT2D eigenvalue weighted by atomic mass is 16.1. The van der Waals surface area contributed by atoms with Gasteiger partial charge in [0.15, 0.2) is 0 Å². The number of Topliss-reactive ketones (excluding diaryl/α,β-unsaturated/α-hetero) is 1. The van der Waals surface area contributed by atoms with E-state index in [1.165, 1.54) is 5.56 Å². The van der Waals surface area contributed by atoms with Gasteiger partial charge in [-0.1, -0.05) is 0 Å². The van der Waals surface area contributed by atoms with Gasteiger partial charge in [0.2, 0.25) is 0 Å². The van der Waals surface area contributed by atoms with Crippen LogP contribution in [0.3, 0.4) is 0 Å². The van der Waals surface area contributed by atoms with Gasteiger partial charge < -0.3 is 0 Å². The predicted molar refractivity (Wildman–Crippen MR) is 72.9 cm³/mol. The molecule has 0 aromatic carbocycles. The highest BCUT2D eigenvalue weighted by molar-refractivity contribution is 5.80. The smallest absolute Gasteiger partial charge is 0.139 e. The Morgan fingerprint density at radius 3 is 2.53 bits per heavy atom. The lowest BCUT2D eigenvalue weighted by molar-refractivity contribution is -0.118. The fraction of sp³-hybridized carbons (Fsp3) is 0.500. The Labute approximate surface area is 113 Å². The average molecular weight is 260 g/mol. The van der Waals surface area contributed by atoms with Gasteiger partial charge in [-0.05, 0) is 31.9 Å². The lowest BCUT2D eigenvalue weighted by atomic mass is 10.0. The van der Waals surface area contributed by atoms with Gasteiger partial charge in [-0.2, -0.15) is 10.2 Å². The molecule has 5 nitrogen and oxygen atoms in total. The van der Waals surface area contributed by atoms with Crippen LogP contribution in [0, 0.1) is 13.8 Å². The van der Waals surface area contributed by atoms with Crippen molar-refractivity contribution < 1.29 is 4.79 Å². The molecule has 2 rings (SSSR count). The van der Waals surface area contributed by atoms with Crippen LogP contribution in [0.15, 0.2) is 12.3 Å². The number of carbonyl (C=O) groups excluding carboxylic acids is 1. The van der Waals surface area contributed by atoms with E-state index < -0.39 is 0 Å². The number of ketones is 1. The van der Waals surface area contributed by atoms with Crippen LogP contribution in [0.25, 0.3) is 0 Å². The molecule has 2 aromatic heterocycles. The topological polar surface area (TPSA) is 52.7 Å². The number of hydrogen-bond donors (Lipinski definition) is 0. The van der Waals surface area contributed by atoms with Gasteiger partial charge in [-0.3, -0.25) is 14.2 Å². The molecule has 0 saturated carbocycles. The second-order valence-electron chi connectivity index (χ2n) is 4.97. The molecule has 5 heteroatoms. The molecule has 0 aliphatic rings. The Bertz CT molecular complexity index is 595. The lowest BCUT2D eigenvalue weighted by Crippen LogP contribution is -2.06. The SMILES string of the molecule is Cc1nn(C)c(C)c1CCC(=O)Cc1ccn(C)n1. The molecule has 0 radical (unpaired) electrons. The Balaban J connectivity index is 1.93. The van der Waals surface area contributed by atoms with Crippen LogP contribution in [-0.2, 0) is 31.7 Å². The zero-order valence-corrected chi connectivity index (χ0v) is 12.0. The van der Waals surface area contributed by atoms with E-state index in [2.05, 4.69) is 10.2 Å². The van der Waals surface area contributed by atoms with Crippen LogP contribution in [0.2, 0.25) is 0 Å². The number of hydrogen-bond acceptors (Lipinski definition) is 3. The van der Waals surface area contributed by atoms with Crippen molar-refractivity contribution in [2.45, 2.75) is 33.1 Å². The Hall–Kier alpha value is -1.91. The minimum absolute atomic E-state index is 0.223. The van der Waals surface area contributed by atoms with Crippen molar-refractivity contribution in [3.05, 3.63) is 34.9 Å². The quantitative estimate of drug-likeness (QED) is 0.819. The standard InChI is InChI=1S/C14H20N4O/c1-10-14(11(2)18(4)15-10)6-5-13(19)9-12-7-8-17(3)16-12/h7-8H,5-6,9H2,1-4H3. The highest BCUT2D eigenvalue weighted by Crippen LogP contribution is 2.14. The number of rotatable bonds is 5. The maximum atomic E-state index is 11.9. The first-order chi connectivity index (χ1) is 8.97. The van der Waals surface area contributed by atoms with Crippen molar-refractivity contribution in [2.24, 2.45) is 14.1 Å². The first-order valence-electron chi connectivity index (χ1n) is 6.46. The Morgan fingerprint density at radius 1 is 1.26 bits per heavy atom. The molecule has 0 fully saturated rings. The molecule has 0 amide bonds. The fourth-order valence-electron chi connectivity index (χ4n) is 2.29. The van der Waals surface area contributed by atoms with Gasteiger partial charge in [0, 0.05) is 32.4 Å². The molecule has 19 heavy (non-hydrogen) atoms. The van der Waals surface area contributed by atoms with Crippen LogP contribution in [0.5, 0.6) is 0 Å². The molecule has 0 saturated heterocycles. The zero-order chi connectivity index (χ0) is 14.0. The third kappa shape index (κ3) is 3.10. The van der Waals surface area contributed by atoms with E-state index in [1.54, 1.807) is 4.68 Å². The third-order valence-electron chi connectivity index (χ3n) is 3.46. The summed E-state index contributed by atoms with van der Waals surface area (Å²) in [7, 11) is 3.79. The number of aromatic nitrogens is 4. The minimum Gasteiger partial charge on any atom is -0.299 e. The Morgan fingerprint density at radius 2 is 2.00 bits per heavy atom. The van der Waals surface area contributed by atoms with Gasteiger partial charge in [-0.25, -0.2) is 0 Å². The summed E-state index contributed by atoms with van der Waals surface area (Å²) in [5.74, 6) is 0.223. The van der Waals surface area contributed by atoms with Crippen LogP contribution in [0.4, 0.5) is 0 Å². The van der Waals surface area contributed by atoms with E-state index in [0.717, 1.165) is 23.5 Å². The first kappa shape index (κ1) is 13.5. The van der Waals surface area contributed by atoms with Gasteiger partial charge in [0.1, 0.15) is 5.78 Å².